The minimum absolute atomic E-state index is 0.0974. The Morgan fingerprint density at radius 3 is 2.68 bits per heavy atom. The Morgan fingerprint density at radius 2 is 1.94 bits per heavy atom. The molecular weight excluding hydrogens is 437 g/mol. The molecule has 0 saturated carbocycles. The fourth-order valence-corrected chi connectivity index (χ4v) is 4.32. The summed E-state index contributed by atoms with van der Waals surface area (Å²) in [6, 6.07) is 15.4. The van der Waals surface area contributed by atoms with E-state index in [1.807, 2.05) is 37.3 Å². The van der Waals surface area contributed by atoms with Crippen molar-refractivity contribution in [3.63, 3.8) is 0 Å². The maximum absolute atomic E-state index is 13.3. The summed E-state index contributed by atoms with van der Waals surface area (Å²) in [4.78, 5) is 12.9. The Labute approximate surface area is 186 Å². The number of hydrogen-bond acceptors (Lipinski definition) is 7. The zero-order valence-electron chi connectivity index (χ0n) is 16.5. The minimum Gasteiger partial charge on any atom is -0.485 e. The molecule has 2 heterocycles. The Bertz CT molecular complexity index is 1160. The van der Waals surface area contributed by atoms with Crippen molar-refractivity contribution in [1.82, 2.24) is 20.0 Å². The van der Waals surface area contributed by atoms with Crippen LogP contribution in [-0.4, -0.2) is 31.6 Å². The molecule has 0 aliphatic carbocycles. The molecular formula is C21H18FN5O2S2. The number of nitrogens with one attached hydrogen (secondary N) is 1. The minimum atomic E-state index is -0.465. The standard InChI is InChI=1S/C21H18FN5O2S2/c1-2-30-21-25-24-20(31-21)23-19(28)18-17(29-13-14-6-4-3-5-7-14)12-27(26-18)16-10-8-15(22)9-11-16/h3-12H,2,13H2,1H3,(H,23,24,28). The molecule has 0 unspecified atom stereocenters. The van der Waals surface area contributed by atoms with Gasteiger partial charge >= 0.3 is 0 Å². The molecule has 0 spiro atoms. The first-order chi connectivity index (χ1) is 15.1. The topological polar surface area (TPSA) is 81.9 Å². The van der Waals surface area contributed by atoms with Gasteiger partial charge in [0.2, 0.25) is 5.13 Å². The van der Waals surface area contributed by atoms with Crippen LogP contribution in [0.5, 0.6) is 5.75 Å². The fourth-order valence-electron chi connectivity index (χ4n) is 2.68. The van der Waals surface area contributed by atoms with Crippen molar-refractivity contribution in [2.45, 2.75) is 17.9 Å². The zero-order chi connectivity index (χ0) is 21.6. The number of amides is 1. The van der Waals surface area contributed by atoms with E-state index in [4.69, 9.17) is 4.74 Å². The van der Waals surface area contributed by atoms with Gasteiger partial charge in [-0.1, -0.05) is 60.4 Å². The number of hydrogen-bond donors (Lipinski definition) is 1. The number of halogens is 1. The van der Waals surface area contributed by atoms with Crippen LogP contribution in [0, 0.1) is 5.82 Å². The van der Waals surface area contributed by atoms with Gasteiger partial charge in [0.05, 0.1) is 11.9 Å². The van der Waals surface area contributed by atoms with Crippen LogP contribution in [-0.2, 0) is 6.61 Å². The van der Waals surface area contributed by atoms with Gasteiger partial charge in [0, 0.05) is 0 Å². The lowest BCUT2D eigenvalue weighted by molar-refractivity contribution is 0.101. The average Bonchev–Trinajstić information content (AvgIpc) is 3.41. The molecule has 4 rings (SSSR count). The van der Waals surface area contributed by atoms with Crippen molar-refractivity contribution in [3.8, 4) is 11.4 Å². The fraction of sp³-hybridized carbons (Fsp3) is 0.143. The van der Waals surface area contributed by atoms with Crippen molar-refractivity contribution in [2.75, 3.05) is 11.1 Å². The molecule has 0 fully saturated rings. The number of ether oxygens (including phenoxy) is 1. The first kappa shape index (κ1) is 21.0. The smallest absolute Gasteiger partial charge is 0.281 e. The lowest BCUT2D eigenvalue weighted by Gasteiger charge is -2.05. The summed E-state index contributed by atoms with van der Waals surface area (Å²) in [6.07, 6.45) is 1.60. The third kappa shape index (κ3) is 5.28. The molecule has 2 aromatic heterocycles. The van der Waals surface area contributed by atoms with Crippen LogP contribution in [0.3, 0.4) is 0 Å². The van der Waals surface area contributed by atoms with Crippen molar-refractivity contribution < 1.29 is 13.9 Å². The van der Waals surface area contributed by atoms with Gasteiger partial charge in [0.1, 0.15) is 12.4 Å². The second kappa shape index (κ2) is 9.71. The first-order valence-electron chi connectivity index (χ1n) is 9.42. The van der Waals surface area contributed by atoms with Gasteiger partial charge in [-0.25, -0.2) is 9.07 Å². The van der Waals surface area contributed by atoms with E-state index in [0.29, 0.717) is 16.6 Å². The number of nitrogens with zero attached hydrogens (tertiary/aromatic N) is 4. The highest BCUT2D eigenvalue weighted by Gasteiger charge is 2.21. The second-order valence-corrected chi connectivity index (χ2v) is 8.79. The third-order valence-corrected chi connectivity index (χ3v) is 5.97. The summed E-state index contributed by atoms with van der Waals surface area (Å²) in [5.74, 6) is 0.347. The molecule has 0 aliphatic heterocycles. The van der Waals surface area contributed by atoms with E-state index in [1.54, 1.807) is 30.1 Å². The lowest BCUT2D eigenvalue weighted by atomic mass is 10.2. The molecule has 4 aromatic rings. The van der Waals surface area contributed by atoms with Gasteiger partial charge in [-0.05, 0) is 35.6 Å². The van der Waals surface area contributed by atoms with Crippen LogP contribution in [0.4, 0.5) is 9.52 Å². The van der Waals surface area contributed by atoms with Crippen LogP contribution >= 0.6 is 23.1 Å². The summed E-state index contributed by atoms with van der Waals surface area (Å²) >= 11 is 2.84. The molecule has 1 N–H and O–H groups in total. The van der Waals surface area contributed by atoms with Gasteiger partial charge in [0.15, 0.2) is 15.8 Å². The van der Waals surface area contributed by atoms with Crippen LogP contribution in [0.2, 0.25) is 0 Å². The molecule has 0 saturated heterocycles. The molecule has 31 heavy (non-hydrogen) atoms. The van der Waals surface area contributed by atoms with Crippen LogP contribution in [0.25, 0.3) is 5.69 Å². The van der Waals surface area contributed by atoms with E-state index in [9.17, 15) is 9.18 Å². The number of benzene rings is 2. The van der Waals surface area contributed by atoms with Gasteiger partial charge < -0.3 is 4.74 Å². The van der Waals surface area contributed by atoms with E-state index in [-0.39, 0.29) is 18.1 Å². The predicted molar refractivity (Wildman–Crippen MR) is 119 cm³/mol. The predicted octanol–water partition coefficient (Wildman–Crippen LogP) is 4.81. The maximum Gasteiger partial charge on any atom is 0.281 e. The van der Waals surface area contributed by atoms with Crippen LogP contribution in [0.1, 0.15) is 23.0 Å². The van der Waals surface area contributed by atoms with Crippen molar-refractivity contribution in [2.24, 2.45) is 0 Å². The Morgan fingerprint density at radius 1 is 1.16 bits per heavy atom. The molecule has 0 atom stereocenters. The number of aromatic nitrogens is 4. The molecule has 7 nitrogen and oxygen atoms in total. The van der Waals surface area contributed by atoms with E-state index >= 15 is 0 Å². The molecule has 2 aromatic carbocycles. The van der Waals surface area contributed by atoms with Gasteiger partial charge in [-0.3, -0.25) is 10.1 Å². The Balaban J connectivity index is 1.59. The molecule has 0 bridgehead atoms. The van der Waals surface area contributed by atoms with Crippen molar-refractivity contribution in [1.29, 1.82) is 0 Å². The maximum atomic E-state index is 13.3. The molecule has 158 valence electrons. The number of carbonyl (C=O) groups is 1. The number of thioether (sulfide) groups is 1. The highest BCUT2D eigenvalue weighted by molar-refractivity contribution is 8.01. The van der Waals surface area contributed by atoms with E-state index in [0.717, 1.165) is 15.7 Å². The molecule has 10 heteroatoms. The van der Waals surface area contributed by atoms with Crippen molar-refractivity contribution in [3.05, 3.63) is 77.9 Å². The Hall–Kier alpha value is -3.24. The monoisotopic (exact) mass is 455 g/mol. The number of carbonyl (C=O) groups excluding carboxylic acids is 1. The number of rotatable bonds is 8. The quantitative estimate of drug-likeness (QED) is 0.303. The van der Waals surface area contributed by atoms with E-state index in [2.05, 4.69) is 20.6 Å². The second-order valence-electron chi connectivity index (χ2n) is 6.30. The first-order valence-corrected chi connectivity index (χ1v) is 11.2. The van der Waals surface area contributed by atoms with E-state index in [1.165, 1.54) is 28.2 Å². The molecule has 0 radical (unpaired) electrons. The summed E-state index contributed by atoms with van der Waals surface area (Å²) in [7, 11) is 0. The number of anilines is 1. The average molecular weight is 456 g/mol. The van der Waals surface area contributed by atoms with Crippen molar-refractivity contribution >= 4 is 34.1 Å². The summed E-state index contributed by atoms with van der Waals surface area (Å²) in [6.45, 7) is 2.29. The highest BCUT2D eigenvalue weighted by Crippen LogP contribution is 2.27. The third-order valence-electron chi connectivity index (χ3n) is 4.12. The normalized spacial score (nSPS) is 10.8. The summed E-state index contributed by atoms with van der Waals surface area (Å²) in [5.41, 5.74) is 1.65. The van der Waals surface area contributed by atoms with E-state index < -0.39 is 5.91 Å². The van der Waals surface area contributed by atoms with Crippen LogP contribution in [0.15, 0.2) is 65.1 Å². The SMILES string of the molecule is CCSc1nnc(NC(=O)c2nn(-c3ccc(F)cc3)cc2OCc2ccccc2)s1. The summed E-state index contributed by atoms with van der Waals surface area (Å²) in [5, 5.41) is 15.5. The van der Waals surface area contributed by atoms with Gasteiger partial charge in [-0.15, -0.1) is 10.2 Å². The highest BCUT2D eigenvalue weighted by atomic mass is 32.2. The molecule has 1 amide bonds. The van der Waals surface area contributed by atoms with Gasteiger partial charge in [0.25, 0.3) is 5.91 Å². The lowest BCUT2D eigenvalue weighted by Crippen LogP contribution is -2.14. The largest absolute Gasteiger partial charge is 0.485 e. The summed E-state index contributed by atoms with van der Waals surface area (Å²) < 4.78 is 21.4. The molecule has 0 aliphatic rings. The van der Waals surface area contributed by atoms with Crippen LogP contribution < -0.4 is 10.1 Å². The Kier molecular flexibility index (Phi) is 6.58. The van der Waals surface area contributed by atoms with Gasteiger partial charge in [-0.2, -0.15) is 5.10 Å². The zero-order valence-corrected chi connectivity index (χ0v) is 18.1.